The van der Waals surface area contributed by atoms with Crippen molar-refractivity contribution in [1.82, 2.24) is 9.62 Å². The van der Waals surface area contributed by atoms with Crippen LogP contribution in [-0.4, -0.2) is 50.8 Å². The summed E-state index contributed by atoms with van der Waals surface area (Å²) in [5.41, 5.74) is 0. The van der Waals surface area contributed by atoms with Crippen molar-refractivity contribution in [2.75, 3.05) is 14.2 Å². The van der Waals surface area contributed by atoms with Crippen LogP contribution in [0.15, 0.2) is 12.3 Å². The molecule has 0 radical (unpaired) electrons. The summed E-state index contributed by atoms with van der Waals surface area (Å²) < 4.78 is 34.0. The van der Waals surface area contributed by atoms with E-state index in [1.807, 2.05) is 12.3 Å². The van der Waals surface area contributed by atoms with Crippen LogP contribution in [0.25, 0.3) is 0 Å². The van der Waals surface area contributed by atoms with Crippen molar-refractivity contribution in [2.24, 2.45) is 11.8 Å². The number of sulfonamides is 1. The molecule has 3 rings (SSSR count). The molecule has 0 saturated heterocycles. The topological polar surface area (TPSA) is 75.7 Å². The summed E-state index contributed by atoms with van der Waals surface area (Å²) in [5, 5.41) is -0.455. The summed E-state index contributed by atoms with van der Waals surface area (Å²) in [6, 6.07) is -0.0865. The fraction of sp³-hybridized carbons (Fsp3) is 0.824. The second-order valence-electron chi connectivity index (χ2n) is 7.33. The molecule has 0 bridgehead atoms. The van der Waals surface area contributed by atoms with Crippen LogP contribution in [0, 0.1) is 11.8 Å². The maximum atomic E-state index is 12.8. The Morgan fingerprint density at radius 2 is 1.96 bits per heavy atom. The first-order chi connectivity index (χ1) is 11.4. The minimum atomic E-state index is -3.40. The number of methoxy groups -OCH3 is 1. The van der Waals surface area contributed by atoms with Gasteiger partial charge in [0.05, 0.1) is 6.10 Å². The number of amides is 1. The maximum absolute atomic E-state index is 12.8. The highest BCUT2D eigenvalue weighted by Gasteiger charge is 2.41. The van der Waals surface area contributed by atoms with Crippen molar-refractivity contribution in [2.45, 2.75) is 62.3 Å². The van der Waals surface area contributed by atoms with Crippen LogP contribution in [0.5, 0.6) is 0 Å². The van der Waals surface area contributed by atoms with E-state index in [-0.39, 0.29) is 29.9 Å². The Kier molecular flexibility index (Phi) is 5.32. The zero-order valence-corrected chi connectivity index (χ0v) is 15.3. The van der Waals surface area contributed by atoms with Gasteiger partial charge in [-0.3, -0.25) is 4.79 Å². The third kappa shape index (κ3) is 3.53. The number of nitrogens with one attached hydrogen (secondary N) is 1. The Bertz CT molecular complexity index is 604. The van der Waals surface area contributed by atoms with Gasteiger partial charge in [0.25, 0.3) is 0 Å². The molecule has 5 atom stereocenters. The van der Waals surface area contributed by atoms with E-state index in [9.17, 15) is 13.2 Å². The van der Waals surface area contributed by atoms with E-state index in [4.69, 9.17) is 4.74 Å². The van der Waals surface area contributed by atoms with Gasteiger partial charge < -0.3 is 9.64 Å². The molecule has 1 aliphatic heterocycles. The number of hydrogen-bond acceptors (Lipinski definition) is 4. The largest absolute Gasteiger partial charge is 0.380 e. The standard InChI is InChI=1S/C17H28N2O4S/c1-19-10-9-12-11-13(7-8-14(12)17(19)20)18-24(21,22)16-6-4-3-5-15(16)23-2/h9-10,12-16,18H,3-8,11H2,1-2H3. The monoisotopic (exact) mass is 356 g/mol. The number of hydrogen-bond donors (Lipinski definition) is 1. The van der Waals surface area contributed by atoms with E-state index < -0.39 is 15.3 Å². The van der Waals surface area contributed by atoms with Gasteiger partial charge in [0, 0.05) is 32.3 Å². The average molecular weight is 356 g/mol. The number of rotatable bonds is 4. The van der Waals surface area contributed by atoms with Gasteiger partial charge in [-0.1, -0.05) is 18.9 Å². The minimum absolute atomic E-state index is 0.00200. The highest BCUT2D eigenvalue weighted by Crippen LogP contribution is 2.36. The summed E-state index contributed by atoms with van der Waals surface area (Å²) in [4.78, 5) is 13.8. The van der Waals surface area contributed by atoms with E-state index in [0.717, 1.165) is 32.1 Å². The molecule has 7 heteroatoms. The number of carbonyl (C=O) groups excluding carboxylic acids is 1. The van der Waals surface area contributed by atoms with Gasteiger partial charge >= 0.3 is 0 Å². The smallest absolute Gasteiger partial charge is 0.229 e. The van der Waals surface area contributed by atoms with Crippen molar-refractivity contribution >= 4 is 15.9 Å². The molecule has 136 valence electrons. The van der Waals surface area contributed by atoms with Crippen LogP contribution in [-0.2, 0) is 19.6 Å². The highest BCUT2D eigenvalue weighted by molar-refractivity contribution is 7.90. The van der Waals surface area contributed by atoms with Crippen LogP contribution in [0.1, 0.15) is 44.9 Å². The Balaban J connectivity index is 1.66. The zero-order chi connectivity index (χ0) is 17.3. The second-order valence-corrected chi connectivity index (χ2v) is 9.26. The fourth-order valence-corrected chi connectivity index (χ4v) is 6.39. The molecular weight excluding hydrogens is 328 g/mol. The molecule has 1 N–H and O–H groups in total. The molecule has 2 aliphatic carbocycles. The van der Waals surface area contributed by atoms with Crippen molar-refractivity contribution < 1.29 is 17.9 Å². The van der Waals surface area contributed by atoms with Gasteiger partial charge in [-0.05, 0) is 38.0 Å². The van der Waals surface area contributed by atoms with Crippen molar-refractivity contribution in [3.8, 4) is 0 Å². The van der Waals surface area contributed by atoms with Crippen LogP contribution >= 0.6 is 0 Å². The number of fused-ring (bicyclic) bond motifs is 1. The fourth-order valence-electron chi connectivity index (χ4n) is 4.41. The molecule has 2 fully saturated rings. The lowest BCUT2D eigenvalue weighted by atomic mass is 9.75. The summed E-state index contributed by atoms with van der Waals surface area (Å²) in [5.74, 6) is 0.289. The first kappa shape index (κ1) is 17.9. The molecule has 0 aromatic rings. The molecule has 1 amide bonds. The van der Waals surface area contributed by atoms with Crippen molar-refractivity contribution in [1.29, 1.82) is 0 Å². The Morgan fingerprint density at radius 1 is 1.21 bits per heavy atom. The first-order valence-electron chi connectivity index (χ1n) is 8.91. The third-order valence-corrected chi connectivity index (χ3v) is 7.79. The first-order valence-corrected chi connectivity index (χ1v) is 10.5. The van der Waals surface area contributed by atoms with Gasteiger partial charge in [-0.2, -0.15) is 0 Å². The molecule has 6 nitrogen and oxygen atoms in total. The molecule has 1 heterocycles. The van der Waals surface area contributed by atoms with Crippen LogP contribution in [0.2, 0.25) is 0 Å². The number of nitrogens with zero attached hydrogens (tertiary/aromatic N) is 1. The Morgan fingerprint density at radius 3 is 2.71 bits per heavy atom. The lowest BCUT2D eigenvalue weighted by molar-refractivity contribution is -0.135. The van der Waals surface area contributed by atoms with E-state index in [1.54, 1.807) is 19.1 Å². The van der Waals surface area contributed by atoms with Gasteiger partial charge in [0.1, 0.15) is 5.25 Å². The highest BCUT2D eigenvalue weighted by atomic mass is 32.2. The van der Waals surface area contributed by atoms with Gasteiger partial charge in [0.15, 0.2) is 0 Å². The summed E-state index contributed by atoms with van der Waals surface area (Å²) in [6.45, 7) is 0. The van der Waals surface area contributed by atoms with Gasteiger partial charge in [-0.15, -0.1) is 0 Å². The molecular formula is C17H28N2O4S. The minimum Gasteiger partial charge on any atom is -0.380 e. The quantitative estimate of drug-likeness (QED) is 0.831. The Hall–Kier alpha value is -0.920. The van der Waals surface area contributed by atoms with Crippen molar-refractivity contribution in [3.05, 3.63) is 12.3 Å². The lowest BCUT2D eigenvalue weighted by Crippen LogP contribution is -2.50. The predicted molar refractivity (Wildman–Crippen MR) is 91.6 cm³/mol. The van der Waals surface area contributed by atoms with Crippen LogP contribution < -0.4 is 4.72 Å². The van der Waals surface area contributed by atoms with Crippen LogP contribution in [0.3, 0.4) is 0 Å². The summed E-state index contributed by atoms with van der Waals surface area (Å²) >= 11 is 0. The molecule has 5 unspecified atom stereocenters. The summed E-state index contributed by atoms with van der Waals surface area (Å²) in [7, 11) is -0.0293. The normalized spacial score (nSPS) is 37.3. The molecule has 0 aromatic heterocycles. The SMILES string of the molecule is COC1CCCCC1S(=O)(=O)NC1CCC2C(=O)N(C)C=CC2C1. The molecule has 0 spiro atoms. The van der Waals surface area contributed by atoms with Gasteiger partial charge in [-0.25, -0.2) is 13.1 Å². The third-order valence-electron chi connectivity index (χ3n) is 5.80. The van der Waals surface area contributed by atoms with Crippen LogP contribution in [0.4, 0.5) is 0 Å². The molecule has 0 aromatic carbocycles. The average Bonchev–Trinajstić information content (AvgIpc) is 2.58. The van der Waals surface area contributed by atoms with E-state index in [2.05, 4.69) is 4.72 Å². The number of carbonyl (C=O) groups is 1. The number of allylic oxidation sites excluding steroid dienone is 1. The predicted octanol–water partition coefficient (Wildman–Crippen LogP) is 1.63. The lowest BCUT2D eigenvalue weighted by Gasteiger charge is -2.39. The maximum Gasteiger partial charge on any atom is 0.229 e. The van der Waals surface area contributed by atoms with Crippen molar-refractivity contribution in [3.63, 3.8) is 0 Å². The molecule has 24 heavy (non-hydrogen) atoms. The zero-order valence-electron chi connectivity index (χ0n) is 14.5. The summed E-state index contributed by atoms with van der Waals surface area (Å²) in [6.07, 6.45) is 9.23. The molecule has 2 saturated carbocycles. The van der Waals surface area contributed by atoms with E-state index in [0.29, 0.717) is 12.8 Å². The van der Waals surface area contributed by atoms with E-state index >= 15 is 0 Å². The second kappa shape index (κ2) is 7.14. The Labute approximate surface area is 144 Å². The van der Waals surface area contributed by atoms with Gasteiger partial charge in [0.2, 0.25) is 15.9 Å². The molecule has 3 aliphatic rings. The number of ether oxygens (including phenoxy) is 1. The van der Waals surface area contributed by atoms with E-state index in [1.165, 1.54) is 0 Å².